The number of carbonyl (C=O) groups excluding carboxylic acids is 3. The number of carbonyl (C=O) groups is 3. The van der Waals surface area contributed by atoms with E-state index in [-0.39, 0.29) is 38.0 Å². The molecular formula is C28H27NO5. The number of cyclic esters (lactones) is 1. The first-order chi connectivity index (χ1) is 16.6. The quantitative estimate of drug-likeness (QED) is 0.428. The summed E-state index contributed by atoms with van der Waals surface area (Å²) in [6, 6.07) is 28.1. The topological polar surface area (TPSA) is 72.9 Å². The van der Waals surface area contributed by atoms with Crippen LogP contribution >= 0.6 is 0 Å². The van der Waals surface area contributed by atoms with Gasteiger partial charge in [-0.1, -0.05) is 91.0 Å². The molecule has 1 aliphatic rings. The van der Waals surface area contributed by atoms with Crippen LogP contribution in [-0.2, 0) is 32.1 Å². The molecule has 4 rings (SSSR count). The summed E-state index contributed by atoms with van der Waals surface area (Å²) in [5.41, 5.74) is 2.76. The summed E-state index contributed by atoms with van der Waals surface area (Å²) in [6.07, 6.45) is -0.0722. The van der Waals surface area contributed by atoms with Crippen molar-refractivity contribution in [1.82, 2.24) is 4.90 Å². The number of rotatable bonds is 9. The van der Waals surface area contributed by atoms with Gasteiger partial charge in [-0.25, -0.2) is 9.69 Å². The third-order valence-corrected chi connectivity index (χ3v) is 5.89. The lowest BCUT2D eigenvalue weighted by Gasteiger charge is -2.23. The Morgan fingerprint density at radius 1 is 0.853 bits per heavy atom. The molecule has 3 aromatic rings. The highest BCUT2D eigenvalue weighted by Gasteiger charge is 2.38. The molecule has 0 N–H and O–H groups in total. The average Bonchev–Trinajstić information content (AvgIpc) is 3.24. The Morgan fingerprint density at radius 3 is 2.09 bits per heavy atom. The zero-order chi connectivity index (χ0) is 23.8. The number of ether oxygens (including phenoxy) is 2. The van der Waals surface area contributed by atoms with Crippen molar-refractivity contribution in [2.24, 2.45) is 0 Å². The molecule has 0 saturated carbocycles. The molecule has 2 atom stereocenters. The second kappa shape index (κ2) is 11.3. The monoisotopic (exact) mass is 457 g/mol. The fourth-order valence-corrected chi connectivity index (χ4v) is 4.14. The SMILES string of the molecule is O=C(C[C@@H](CC(=O)N1C(=O)OC[C@@H]1Cc1ccccc1)c1ccccc1)OCc1ccccc1. The van der Waals surface area contributed by atoms with Crippen LogP contribution in [0.3, 0.4) is 0 Å². The van der Waals surface area contributed by atoms with E-state index in [0.29, 0.717) is 6.42 Å². The van der Waals surface area contributed by atoms with E-state index in [2.05, 4.69) is 0 Å². The molecule has 2 amide bonds. The number of esters is 1. The lowest BCUT2D eigenvalue weighted by atomic mass is 9.91. The number of hydrogen-bond acceptors (Lipinski definition) is 5. The van der Waals surface area contributed by atoms with Crippen LogP contribution in [0.5, 0.6) is 0 Å². The van der Waals surface area contributed by atoms with Crippen LogP contribution in [-0.4, -0.2) is 35.5 Å². The van der Waals surface area contributed by atoms with E-state index in [1.54, 1.807) is 0 Å². The van der Waals surface area contributed by atoms with Gasteiger partial charge in [0.1, 0.15) is 13.2 Å². The van der Waals surface area contributed by atoms with Gasteiger partial charge in [0, 0.05) is 12.3 Å². The van der Waals surface area contributed by atoms with Gasteiger partial charge in [-0.05, 0) is 23.1 Å². The normalized spacial score (nSPS) is 16.1. The molecule has 1 fully saturated rings. The number of imide groups is 1. The molecule has 34 heavy (non-hydrogen) atoms. The Kier molecular flexibility index (Phi) is 7.71. The Balaban J connectivity index is 1.44. The fourth-order valence-electron chi connectivity index (χ4n) is 4.14. The summed E-state index contributed by atoms with van der Waals surface area (Å²) in [5, 5.41) is 0. The van der Waals surface area contributed by atoms with Crippen molar-refractivity contribution in [3.8, 4) is 0 Å². The minimum atomic E-state index is -0.635. The van der Waals surface area contributed by atoms with Gasteiger partial charge in [0.2, 0.25) is 5.91 Å². The molecule has 0 aliphatic carbocycles. The van der Waals surface area contributed by atoms with Gasteiger partial charge in [0.15, 0.2) is 0 Å². The molecule has 3 aromatic carbocycles. The second-order valence-electron chi connectivity index (χ2n) is 8.35. The van der Waals surface area contributed by atoms with E-state index < -0.39 is 18.0 Å². The number of hydrogen-bond donors (Lipinski definition) is 0. The van der Waals surface area contributed by atoms with Crippen LogP contribution in [0, 0.1) is 0 Å². The zero-order valence-electron chi connectivity index (χ0n) is 18.8. The molecule has 174 valence electrons. The van der Waals surface area contributed by atoms with Crippen LogP contribution in [0.15, 0.2) is 91.0 Å². The van der Waals surface area contributed by atoms with Crippen LogP contribution in [0.1, 0.15) is 35.4 Å². The maximum Gasteiger partial charge on any atom is 0.416 e. The molecular weight excluding hydrogens is 430 g/mol. The van der Waals surface area contributed by atoms with Gasteiger partial charge in [-0.15, -0.1) is 0 Å². The number of benzene rings is 3. The molecule has 1 heterocycles. The maximum atomic E-state index is 13.3. The summed E-state index contributed by atoms with van der Waals surface area (Å²) in [5.74, 6) is -1.16. The van der Waals surface area contributed by atoms with E-state index in [9.17, 15) is 14.4 Å². The largest absolute Gasteiger partial charge is 0.461 e. The van der Waals surface area contributed by atoms with Crippen LogP contribution in [0.2, 0.25) is 0 Å². The van der Waals surface area contributed by atoms with Crippen molar-refractivity contribution >= 4 is 18.0 Å². The van der Waals surface area contributed by atoms with Crippen LogP contribution < -0.4 is 0 Å². The highest BCUT2D eigenvalue weighted by molar-refractivity contribution is 5.94. The van der Waals surface area contributed by atoms with Gasteiger partial charge in [0.05, 0.1) is 12.5 Å². The second-order valence-corrected chi connectivity index (χ2v) is 8.35. The Bertz CT molecular complexity index is 1100. The van der Waals surface area contributed by atoms with Gasteiger partial charge in [-0.3, -0.25) is 9.59 Å². The van der Waals surface area contributed by atoms with Crippen LogP contribution in [0.25, 0.3) is 0 Å². The van der Waals surface area contributed by atoms with Gasteiger partial charge in [0.25, 0.3) is 0 Å². The summed E-state index contributed by atoms with van der Waals surface area (Å²) < 4.78 is 10.7. The predicted molar refractivity (Wildman–Crippen MR) is 127 cm³/mol. The first kappa shape index (κ1) is 23.2. The molecule has 0 unspecified atom stereocenters. The van der Waals surface area contributed by atoms with Crippen molar-refractivity contribution in [1.29, 1.82) is 0 Å². The van der Waals surface area contributed by atoms with Crippen molar-refractivity contribution < 1.29 is 23.9 Å². The molecule has 1 saturated heterocycles. The van der Waals surface area contributed by atoms with Crippen molar-refractivity contribution in [2.75, 3.05) is 6.61 Å². The third-order valence-electron chi connectivity index (χ3n) is 5.89. The molecule has 0 aromatic heterocycles. The highest BCUT2D eigenvalue weighted by atomic mass is 16.6. The minimum Gasteiger partial charge on any atom is -0.461 e. The molecule has 0 spiro atoms. The molecule has 1 aliphatic heterocycles. The zero-order valence-corrected chi connectivity index (χ0v) is 18.8. The van der Waals surface area contributed by atoms with Crippen molar-refractivity contribution in [3.63, 3.8) is 0 Å². The summed E-state index contributed by atoms with van der Waals surface area (Å²) in [4.78, 5) is 39.5. The minimum absolute atomic E-state index is 0.00480. The Labute approximate surface area is 199 Å². The van der Waals surface area contributed by atoms with E-state index in [0.717, 1.165) is 16.7 Å². The number of amides is 2. The Morgan fingerprint density at radius 2 is 1.44 bits per heavy atom. The standard InChI is InChI=1S/C28H27NO5/c30-26(29-25(20-34-28(29)32)16-21-10-4-1-5-11-21)17-24(23-14-8-3-9-15-23)18-27(31)33-19-22-12-6-2-7-13-22/h1-15,24-25H,16-20H2/t24-,25+/m1/s1. The first-order valence-corrected chi connectivity index (χ1v) is 11.4. The lowest BCUT2D eigenvalue weighted by molar-refractivity contribution is -0.145. The molecule has 0 bridgehead atoms. The molecule has 0 radical (unpaired) electrons. The summed E-state index contributed by atoms with van der Waals surface area (Å²) >= 11 is 0. The lowest BCUT2D eigenvalue weighted by Crippen LogP contribution is -2.40. The first-order valence-electron chi connectivity index (χ1n) is 11.4. The van der Waals surface area contributed by atoms with Crippen LogP contribution in [0.4, 0.5) is 4.79 Å². The summed E-state index contributed by atoms with van der Waals surface area (Å²) in [7, 11) is 0. The smallest absolute Gasteiger partial charge is 0.416 e. The van der Waals surface area contributed by atoms with Gasteiger partial charge >= 0.3 is 12.1 Å². The maximum absolute atomic E-state index is 13.3. The third kappa shape index (κ3) is 6.10. The van der Waals surface area contributed by atoms with E-state index in [1.165, 1.54) is 4.90 Å². The fraction of sp³-hybridized carbons (Fsp3) is 0.250. The highest BCUT2D eigenvalue weighted by Crippen LogP contribution is 2.27. The molecule has 6 heteroatoms. The Hall–Kier alpha value is -3.93. The average molecular weight is 458 g/mol. The van der Waals surface area contributed by atoms with E-state index in [4.69, 9.17) is 9.47 Å². The van der Waals surface area contributed by atoms with Crippen molar-refractivity contribution in [2.45, 2.75) is 37.8 Å². The van der Waals surface area contributed by atoms with E-state index >= 15 is 0 Å². The summed E-state index contributed by atoms with van der Waals surface area (Å²) in [6.45, 7) is 0.335. The predicted octanol–water partition coefficient (Wildman–Crippen LogP) is 4.88. The molecule has 6 nitrogen and oxygen atoms in total. The van der Waals surface area contributed by atoms with Gasteiger partial charge < -0.3 is 9.47 Å². The van der Waals surface area contributed by atoms with Gasteiger partial charge in [-0.2, -0.15) is 0 Å². The van der Waals surface area contributed by atoms with E-state index in [1.807, 2.05) is 91.0 Å². The number of nitrogens with zero attached hydrogens (tertiary/aromatic N) is 1. The van der Waals surface area contributed by atoms with Crippen molar-refractivity contribution in [3.05, 3.63) is 108 Å².